The first-order chi connectivity index (χ1) is 15.1. The van der Waals surface area contributed by atoms with Gasteiger partial charge < -0.3 is 20.1 Å². The second-order valence-corrected chi connectivity index (χ2v) is 8.04. The van der Waals surface area contributed by atoms with E-state index in [2.05, 4.69) is 10.6 Å². The number of carbonyl (C=O) groups excluding carboxylic acids is 3. The van der Waals surface area contributed by atoms with E-state index in [0.717, 1.165) is 28.9 Å². The average molecular weight is 421 g/mol. The highest BCUT2D eigenvalue weighted by Crippen LogP contribution is 2.39. The Labute approximate surface area is 179 Å². The maximum absolute atomic E-state index is 13.3. The van der Waals surface area contributed by atoms with Crippen LogP contribution in [0.4, 0.5) is 4.79 Å². The van der Waals surface area contributed by atoms with E-state index in [1.807, 2.05) is 42.5 Å². The highest BCUT2D eigenvalue weighted by Gasteiger charge is 2.54. The van der Waals surface area contributed by atoms with Crippen molar-refractivity contribution in [3.8, 4) is 11.5 Å². The largest absolute Gasteiger partial charge is 0.486 e. The molecular formula is C23H23N3O5. The van der Waals surface area contributed by atoms with E-state index in [1.165, 1.54) is 0 Å². The average Bonchev–Trinajstić information content (AvgIpc) is 3.02. The van der Waals surface area contributed by atoms with Crippen molar-refractivity contribution in [3.05, 3.63) is 59.7 Å². The predicted octanol–water partition coefficient (Wildman–Crippen LogP) is 1.73. The standard InChI is InChI=1S/C23H23N3O5/c27-20(24-12-16-14-30-18-9-3-4-10-19(18)31-16)13-26-21(28)23(25-22(26)29)11-5-7-15-6-1-2-8-17(15)23/h1-4,6,8-10,16H,5,7,11-14H2,(H,24,27)(H,25,29)/t16-,23+/m0/s1. The summed E-state index contributed by atoms with van der Waals surface area (Å²) in [5.74, 6) is 0.501. The van der Waals surface area contributed by atoms with Crippen molar-refractivity contribution < 1.29 is 23.9 Å². The first kappa shape index (κ1) is 19.4. The maximum atomic E-state index is 13.3. The quantitative estimate of drug-likeness (QED) is 0.733. The number of aryl methyl sites for hydroxylation is 1. The van der Waals surface area contributed by atoms with Crippen LogP contribution in [0.2, 0.25) is 0 Å². The summed E-state index contributed by atoms with van der Waals surface area (Å²) in [6.45, 7) is 0.184. The van der Waals surface area contributed by atoms with E-state index >= 15 is 0 Å². The number of benzene rings is 2. The zero-order valence-corrected chi connectivity index (χ0v) is 16.9. The number of ether oxygens (including phenoxy) is 2. The summed E-state index contributed by atoms with van der Waals surface area (Å²) in [5.41, 5.74) is 0.813. The number of rotatable bonds is 4. The molecule has 5 rings (SSSR count). The van der Waals surface area contributed by atoms with Crippen LogP contribution in [0.1, 0.15) is 24.0 Å². The van der Waals surface area contributed by atoms with Crippen LogP contribution in [0.25, 0.3) is 0 Å². The molecule has 1 spiro atoms. The van der Waals surface area contributed by atoms with Gasteiger partial charge in [-0.3, -0.25) is 14.5 Å². The number of hydrogen-bond acceptors (Lipinski definition) is 5. The number of hydrogen-bond donors (Lipinski definition) is 2. The summed E-state index contributed by atoms with van der Waals surface area (Å²) >= 11 is 0. The number of nitrogens with one attached hydrogen (secondary N) is 2. The number of fused-ring (bicyclic) bond motifs is 3. The first-order valence-corrected chi connectivity index (χ1v) is 10.4. The van der Waals surface area contributed by atoms with Crippen LogP contribution in [0, 0.1) is 0 Å². The smallest absolute Gasteiger partial charge is 0.325 e. The molecule has 31 heavy (non-hydrogen) atoms. The third kappa shape index (κ3) is 3.37. The fraction of sp³-hybridized carbons (Fsp3) is 0.348. The molecule has 1 fully saturated rings. The molecule has 2 aromatic carbocycles. The van der Waals surface area contributed by atoms with Gasteiger partial charge in [0.2, 0.25) is 5.91 Å². The highest BCUT2D eigenvalue weighted by atomic mass is 16.6. The van der Waals surface area contributed by atoms with Gasteiger partial charge in [0.25, 0.3) is 5.91 Å². The molecule has 2 N–H and O–H groups in total. The van der Waals surface area contributed by atoms with Crippen LogP contribution in [0.5, 0.6) is 11.5 Å². The Bertz CT molecular complexity index is 1060. The SMILES string of the molecule is O=C(CN1C(=O)N[C@@]2(CCCc3ccccc32)C1=O)NC[C@H]1COc2ccccc2O1. The van der Waals surface area contributed by atoms with Crippen molar-refractivity contribution in [1.29, 1.82) is 0 Å². The Morgan fingerprint density at radius 3 is 2.77 bits per heavy atom. The van der Waals surface area contributed by atoms with E-state index < -0.39 is 17.5 Å². The molecule has 4 amide bonds. The van der Waals surface area contributed by atoms with Crippen LogP contribution >= 0.6 is 0 Å². The first-order valence-electron chi connectivity index (χ1n) is 10.4. The molecule has 160 valence electrons. The van der Waals surface area contributed by atoms with Gasteiger partial charge in [-0.05, 0) is 42.5 Å². The van der Waals surface area contributed by atoms with Crippen LogP contribution < -0.4 is 20.1 Å². The lowest BCUT2D eigenvalue weighted by Crippen LogP contribution is -2.48. The minimum absolute atomic E-state index is 0.213. The lowest BCUT2D eigenvalue weighted by molar-refractivity contribution is -0.135. The van der Waals surface area contributed by atoms with Gasteiger partial charge in [-0.25, -0.2) is 4.79 Å². The second-order valence-electron chi connectivity index (χ2n) is 8.04. The Kier molecular flexibility index (Phi) is 4.77. The van der Waals surface area contributed by atoms with Crippen LogP contribution in [0.15, 0.2) is 48.5 Å². The monoisotopic (exact) mass is 421 g/mol. The summed E-state index contributed by atoms with van der Waals surface area (Å²) in [7, 11) is 0. The Hall–Kier alpha value is -3.55. The molecule has 0 unspecified atom stereocenters. The molecule has 8 heteroatoms. The number of amides is 4. The van der Waals surface area contributed by atoms with Crippen molar-refractivity contribution >= 4 is 17.8 Å². The van der Waals surface area contributed by atoms with Gasteiger partial charge in [0, 0.05) is 0 Å². The topological polar surface area (TPSA) is 97.0 Å². The molecule has 2 heterocycles. The Morgan fingerprint density at radius 1 is 1.13 bits per heavy atom. The molecule has 3 aliphatic rings. The van der Waals surface area contributed by atoms with Gasteiger partial charge in [-0.2, -0.15) is 0 Å². The minimum atomic E-state index is -1.07. The molecule has 1 saturated heterocycles. The normalized spacial score (nSPS) is 24.0. The molecule has 0 aromatic heterocycles. The van der Waals surface area contributed by atoms with Crippen LogP contribution in [-0.4, -0.2) is 48.5 Å². The van der Waals surface area contributed by atoms with E-state index in [0.29, 0.717) is 24.5 Å². The minimum Gasteiger partial charge on any atom is -0.486 e. The molecular weight excluding hydrogens is 398 g/mol. The highest BCUT2D eigenvalue weighted by molar-refractivity contribution is 6.09. The van der Waals surface area contributed by atoms with Crippen LogP contribution in [-0.2, 0) is 21.5 Å². The zero-order chi connectivity index (χ0) is 21.4. The summed E-state index contributed by atoms with van der Waals surface area (Å²) in [6, 6.07) is 14.5. The van der Waals surface area contributed by atoms with E-state index in [1.54, 1.807) is 6.07 Å². The Morgan fingerprint density at radius 2 is 1.90 bits per heavy atom. The van der Waals surface area contributed by atoms with E-state index in [-0.39, 0.29) is 25.1 Å². The van der Waals surface area contributed by atoms with E-state index in [9.17, 15) is 14.4 Å². The zero-order valence-electron chi connectivity index (χ0n) is 16.9. The molecule has 2 atom stereocenters. The van der Waals surface area contributed by atoms with Crippen molar-refractivity contribution in [1.82, 2.24) is 15.5 Å². The van der Waals surface area contributed by atoms with Crippen molar-refractivity contribution in [2.45, 2.75) is 30.9 Å². The Balaban J connectivity index is 1.23. The molecule has 0 bridgehead atoms. The van der Waals surface area contributed by atoms with Crippen molar-refractivity contribution in [2.24, 2.45) is 0 Å². The summed E-state index contributed by atoms with van der Waals surface area (Å²) < 4.78 is 11.5. The third-order valence-corrected chi connectivity index (χ3v) is 6.05. The number of imide groups is 1. The third-order valence-electron chi connectivity index (χ3n) is 6.05. The summed E-state index contributed by atoms with van der Waals surface area (Å²) in [5, 5.41) is 5.60. The molecule has 0 radical (unpaired) electrons. The van der Waals surface area contributed by atoms with Crippen LogP contribution in [0.3, 0.4) is 0 Å². The number of urea groups is 1. The maximum Gasteiger partial charge on any atom is 0.325 e. The number of carbonyl (C=O) groups is 3. The van der Waals surface area contributed by atoms with Gasteiger partial charge in [0.05, 0.1) is 6.54 Å². The van der Waals surface area contributed by atoms with Gasteiger partial charge in [0.15, 0.2) is 11.5 Å². The fourth-order valence-electron chi connectivity index (χ4n) is 4.55. The second kappa shape index (κ2) is 7.61. The molecule has 1 aliphatic carbocycles. The molecule has 2 aromatic rings. The predicted molar refractivity (Wildman–Crippen MR) is 111 cm³/mol. The van der Waals surface area contributed by atoms with Gasteiger partial charge in [0.1, 0.15) is 24.8 Å². The molecule has 2 aliphatic heterocycles. The van der Waals surface area contributed by atoms with Gasteiger partial charge in [-0.15, -0.1) is 0 Å². The molecule has 0 saturated carbocycles. The summed E-state index contributed by atoms with van der Waals surface area (Å²) in [4.78, 5) is 39.4. The number of nitrogens with zero attached hydrogens (tertiary/aromatic N) is 1. The fourth-order valence-corrected chi connectivity index (χ4v) is 4.55. The van der Waals surface area contributed by atoms with Crippen molar-refractivity contribution in [3.63, 3.8) is 0 Å². The van der Waals surface area contributed by atoms with Gasteiger partial charge >= 0.3 is 6.03 Å². The number of para-hydroxylation sites is 2. The summed E-state index contributed by atoms with van der Waals surface area (Å²) in [6.07, 6.45) is 1.84. The lowest BCUT2D eigenvalue weighted by atomic mass is 9.76. The van der Waals surface area contributed by atoms with Gasteiger partial charge in [-0.1, -0.05) is 36.4 Å². The van der Waals surface area contributed by atoms with Crippen molar-refractivity contribution in [2.75, 3.05) is 19.7 Å². The lowest BCUT2D eigenvalue weighted by Gasteiger charge is -2.33. The molecule has 8 nitrogen and oxygen atoms in total. The van der Waals surface area contributed by atoms with E-state index in [4.69, 9.17) is 9.47 Å².